The van der Waals surface area contributed by atoms with Gasteiger partial charge in [0, 0.05) is 10.7 Å². The second-order valence-corrected chi connectivity index (χ2v) is 9.43. The van der Waals surface area contributed by atoms with E-state index in [0.717, 1.165) is 4.31 Å². The fourth-order valence-corrected chi connectivity index (χ4v) is 4.92. The molecule has 0 aliphatic heterocycles. The Kier molecular flexibility index (Phi) is 7.33. The van der Waals surface area contributed by atoms with Gasteiger partial charge in [-0.1, -0.05) is 53.0 Å². The molecule has 0 spiro atoms. The molecule has 0 aliphatic carbocycles. The zero-order valence-corrected chi connectivity index (χ0v) is 19.3. The molecule has 0 radical (unpaired) electrons. The van der Waals surface area contributed by atoms with Gasteiger partial charge in [-0.15, -0.1) is 0 Å². The lowest BCUT2D eigenvalue weighted by atomic mass is 10.3. The van der Waals surface area contributed by atoms with E-state index < -0.39 is 22.5 Å². The van der Waals surface area contributed by atoms with Crippen LogP contribution in [0.3, 0.4) is 0 Å². The highest BCUT2D eigenvalue weighted by Gasteiger charge is 2.29. The second kappa shape index (κ2) is 9.78. The number of carbonyl (C=O) groups excluding carboxylic acids is 1. The number of anilines is 2. The quantitative estimate of drug-likeness (QED) is 0.466. The maximum absolute atomic E-state index is 13.3. The summed E-state index contributed by atoms with van der Waals surface area (Å²) in [5, 5.41) is 3.33. The van der Waals surface area contributed by atoms with Crippen molar-refractivity contribution in [1.82, 2.24) is 0 Å². The number of benzene rings is 3. The lowest BCUT2D eigenvalue weighted by molar-refractivity contribution is -0.114. The number of nitrogens with one attached hydrogen (secondary N) is 1. The molecule has 0 heterocycles. The summed E-state index contributed by atoms with van der Waals surface area (Å²) in [6, 6.07) is 16.8. The van der Waals surface area contributed by atoms with E-state index in [1.54, 1.807) is 30.3 Å². The van der Waals surface area contributed by atoms with E-state index in [2.05, 4.69) is 5.32 Å². The van der Waals surface area contributed by atoms with E-state index in [1.807, 2.05) is 0 Å². The Morgan fingerprint density at radius 2 is 1.68 bits per heavy atom. The SMILES string of the molecule is COc1ccc(NC(=O)CN(c2cc(Cl)ccc2Cl)S(=O)(=O)c2ccccc2)cc1Cl. The molecule has 6 nitrogen and oxygen atoms in total. The lowest BCUT2D eigenvalue weighted by Crippen LogP contribution is -2.38. The third kappa shape index (κ3) is 5.43. The Labute approximate surface area is 195 Å². The fraction of sp³-hybridized carbons (Fsp3) is 0.0952. The van der Waals surface area contributed by atoms with Gasteiger partial charge < -0.3 is 10.1 Å². The molecule has 0 bridgehead atoms. The van der Waals surface area contributed by atoms with E-state index in [1.165, 1.54) is 43.5 Å². The zero-order chi connectivity index (χ0) is 22.6. The van der Waals surface area contributed by atoms with Crippen molar-refractivity contribution in [1.29, 1.82) is 0 Å². The van der Waals surface area contributed by atoms with Gasteiger partial charge in [0.2, 0.25) is 5.91 Å². The molecular formula is C21H17Cl3N2O4S. The monoisotopic (exact) mass is 498 g/mol. The van der Waals surface area contributed by atoms with Crippen LogP contribution in [-0.4, -0.2) is 28.0 Å². The minimum atomic E-state index is -4.12. The highest BCUT2D eigenvalue weighted by Crippen LogP contribution is 2.33. The number of carbonyl (C=O) groups is 1. The number of hydrogen-bond acceptors (Lipinski definition) is 4. The molecular weight excluding hydrogens is 483 g/mol. The normalized spacial score (nSPS) is 11.1. The maximum atomic E-state index is 13.3. The Bertz CT molecular complexity index is 1200. The molecule has 0 fully saturated rings. The van der Waals surface area contributed by atoms with Gasteiger partial charge >= 0.3 is 0 Å². The van der Waals surface area contributed by atoms with Crippen molar-refractivity contribution in [2.75, 3.05) is 23.3 Å². The summed E-state index contributed by atoms with van der Waals surface area (Å²) in [6.45, 7) is -0.541. The van der Waals surface area contributed by atoms with Crippen LogP contribution in [0.15, 0.2) is 71.6 Å². The Morgan fingerprint density at radius 1 is 0.968 bits per heavy atom. The maximum Gasteiger partial charge on any atom is 0.264 e. The molecule has 162 valence electrons. The summed E-state index contributed by atoms with van der Waals surface area (Å²) in [5.41, 5.74) is 0.464. The topological polar surface area (TPSA) is 75.7 Å². The average molecular weight is 500 g/mol. The largest absolute Gasteiger partial charge is 0.495 e. The Balaban J connectivity index is 1.96. The van der Waals surface area contributed by atoms with Gasteiger partial charge in [0.15, 0.2) is 0 Å². The number of rotatable bonds is 7. The number of methoxy groups -OCH3 is 1. The summed E-state index contributed by atoms with van der Waals surface area (Å²) in [4.78, 5) is 12.8. The molecule has 0 aliphatic rings. The Hall–Kier alpha value is -2.45. The third-order valence-electron chi connectivity index (χ3n) is 4.23. The van der Waals surface area contributed by atoms with Gasteiger partial charge in [-0.25, -0.2) is 8.42 Å². The molecule has 0 saturated heterocycles. The van der Waals surface area contributed by atoms with E-state index in [9.17, 15) is 13.2 Å². The summed E-state index contributed by atoms with van der Waals surface area (Å²) in [5.74, 6) is -0.157. The van der Waals surface area contributed by atoms with Crippen LogP contribution < -0.4 is 14.4 Å². The Morgan fingerprint density at radius 3 is 2.32 bits per heavy atom. The molecule has 0 atom stereocenters. The predicted octanol–water partition coefficient (Wildman–Crippen LogP) is 5.49. The second-order valence-electron chi connectivity index (χ2n) is 6.32. The number of sulfonamides is 1. The predicted molar refractivity (Wildman–Crippen MR) is 124 cm³/mol. The number of hydrogen-bond donors (Lipinski definition) is 1. The molecule has 10 heteroatoms. The van der Waals surface area contributed by atoms with Crippen LogP contribution in [-0.2, 0) is 14.8 Å². The van der Waals surface area contributed by atoms with Gasteiger partial charge in [0.1, 0.15) is 12.3 Å². The van der Waals surface area contributed by atoms with Crippen molar-refractivity contribution in [2.24, 2.45) is 0 Å². The number of amides is 1. The van der Waals surface area contributed by atoms with Crippen LogP contribution in [0.4, 0.5) is 11.4 Å². The smallest absolute Gasteiger partial charge is 0.264 e. The summed E-state index contributed by atoms with van der Waals surface area (Å²) >= 11 is 18.4. The average Bonchev–Trinajstić information content (AvgIpc) is 2.74. The minimum Gasteiger partial charge on any atom is -0.495 e. The van der Waals surface area contributed by atoms with Crippen LogP contribution in [0.25, 0.3) is 0 Å². The van der Waals surface area contributed by atoms with Crippen LogP contribution >= 0.6 is 34.8 Å². The molecule has 3 aromatic rings. The third-order valence-corrected chi connectivity index (χ3v) is 6.85. The van der Waals surface area contributed by atoms with Gasteiger partial charge in [-0.2, -0.15) is 0 Å². The van der Waals surface area contributed by atoms with Crippen LogP contribution in [0.2, 0.25) is 15.1 Å². The minimum absolute atomic E-state index is 0.00586. The molecule has 0 saturated carbocycles. The molecule has 1 amide bonds. The molecule has 3 aromatic carbocycles. The van der Waals surface area contributed by atoms with Gasteiger partial charge in [0.05, 0.1) is 27.7 Å². The highest BCUT2D eigenvalue weighted by atomic mass is 35.5. The van der Waals surface area contributed by atoms with Gasteiger partial charge in [0.25, 0.3) is 10.0 Å². The zero-order valence-electron chi connectivity index (χ0n) is 16.2. The van der Waals surface area contributed by atoms with Gasteiger partial charge in [-0.05, 0) is 48.5 Å². The first-order chi connectivity index (χ1) is 14.7. The number of ether oxygens (including phenoxy) is 1. The van der Waals surface area contributed by atoms with Crippen molar-refractivity contribution in [3.05, 3.63) is 81.8 Å². The molecule has 3 rings (SSSR count). The summed E-state index contributed by atoms with van der Waals surface area (Å²) < 4.78 is 32.7. The van der Waals surface area contributed by atoms with E-state index in [4.69, 9.17) is 39.5 Å². The van der Waals surface area contributed by atoms with E-state index in [0.29, 0.717) is 16.5 Å². The van der Waals surface area contributed by atoms with Gasteiger partial charge in [-0.3, -0.25) is 9.10 Å². The molecule has 0 unspecified atom stereocenters. The van der Waals surface area contributed by atoms with Crippen molar-refractivity contribution < 1.29 is 17.9 Å². The van der Waals surface area contributed by atoms with Crippen molar-refractivity contribution in [3.63, 3.8) is 0 Å². The first kappa shape index (κ1) is 23.2. The summed E-state index contributed by atoms with van der Waals surface area (Å²) in [6.07, 6.45) is 0. The lowest BCUT2D eigenvalue weighted by Gasteiger charge is -2.25. The van der Waals surface area contributed by atoms with Crippen LogP contribution in [0, 0.1) is 0 Å². The van der Waals surface area contributed by atoms with Crippen LogP contribution in [0.5, 0.6) is 5.75 Å². The van der Waals surface area contributed by atoms with Crippen LogP contribution in [0.1, 0.15) is 0 Å². The highest BCUT2D eigenvalue weighted by molar-refractivity contribution is 7.92. The number of nitrogens with zero attached hydrogens (tertiary/aromatic N) is 1. The number of halogens is 3. The van der Waals surface area contributed by atoms with Crippen molar-refractivity contribution >= 4 is 62.1 Å². The van der Waals surface area contributed by atoms with E-state index >= 15 is 0 Å². The molecule has 1 N–H and O–H groups in total. The first-order valence-corrected chi connectivity index (χ1v) is 11.5. The van der Waals surface area contributed by atoms with E-state index in [-0.39, 0.29) is 20.6 Å². The summed E-state index contributed by atoms with van der Waals surface area (Å²) in [7, 11) is -2.64. The first-order valence-electron chi connectivity index (χ1n) is 8.88. The standard InChI is InChI=1S/C21H17Cl3N2O4S/c1-30-20-10-8-15(12-18(20)24)25-21(27)13-26(19-11-14(22)7-9-17(19)23)31(28,29)16-5-3-2-4-6-16/h2-12H,13H2,1H3,(H,25,27). The molecule has 31 heavy (non-hydrogen) atoms. The van der Waals surface area contributed by atoms with Crippen molar-refractivity contribution in [3.8, 4) is 5.75 Å². The van der Waals surface area contributed by atoms with Crippen molar-refractivity contribution in [2.45, 2.75) is 4.90 Å². The fourth-order valence-electron chi connectivity index (χ4n) is 2.77. The molecule has 0 aromatic heterocycles.